The minimum atomic E-state index is -1.19. The largest absolute Gasteiger partial charge is 0.478 e. The fraction of sp³-hybridized carbons (Fsp3) is 0. The van der Waals surface area contributed by atoms with Crippen LogP contribution in [0.2, 0.25) is 10.0 Å². The highest BCUT2D eigenvalue weighted by atomic mass is 35.5. The van der Waals surface area contributed by atoms with E-state index in [9.17, 15) is 4.79 Å². The van der Waals surface area contributed by atoms with Crippen LogP contribution in [0.15, 0.2) is 12.5 Å². The number of hydrogen-bond donors (Lipinski definition) is 1. The van der Waals surface area contributed by atoms with Gasteiger partial charge in [-0.3, -0.25) is 4.40 Å². The first-order chi connectivity index (χ1) is 6.61. The van der Waals surface area contributed by atoms with E-state index in [-0.39, 0.29) is 21.3 Å². The van der Waals surface area contributed by atoms with Crippen molar-refractivity contribution in [2.75, 3.05) is 0 Å². The van der Waals surface area contributed by atoms with E-state index in [0.717, 1.165) is 0 Å². The Morgan fingerprint density at radius 3 is 2.86 bits per heavy atom. The Kier molecular flexibility index (Phi) is 2.05. The van der Waals surface area contributed by atoms with Crippen LogP contribution < -0.4 is 0 Å². The van der Waals surface area contributed by atoms with Gasteiger partial charge < -0.3 is 5.11 Å². The highest BCUT2D eigenvalue weighted by molar-refractivity contribution is 6.40. The molecule has 0 aromatic carbocycles. The summed E-state index contributed by atoms with van der Waals surface area (Å²) in [4.78, 5) is 10.8. The summed E-state index contributed by atoms with van der Waals surface area (Å²) in [7, 11) is 0. The maximum absolute atomic E-state index is 10.8. The van der Waals surface area contributed by atoms with Crippen LogP contribution in [0.1, 0.15) is 10.4 Å². The van der Waals surface area contributed by atoms with Crippen molar-refractivity contribution in [1.29, 1.82) is 0 Å². The van der Waals surface area contributed by atoms with Crippen LogP contribution >= 0.6 is 23.2 Å². The molecule has 2 aromatic rings. The number of rotatable bonds is 1. The zero-order chi connectivity index (χ0) is 10.3. The van der Waals surface area contributed by atoms with Gasteiger partial charge in [0.2, 0.25) is 0 Å². The van der Waals surface area contributed by atoms with Gasteiger partial charge in [-0.1, -0.05) is 23.2 Å². The van der Waals surface area contributed by atoms with E-state index in [2.05, 4.69) is 10.2 Å². The normalized spacial score (nSPS) is 10.7. The summed E-state index contributed by atoms with van der Waals surface area (Å²) in [6.07, 6.45) is 2.78. The molecule has 0 spiro atoms. The van der Waals surface area contributed by atoms with E-state index < -0.39 is 5.97 Å². The summed E-state index contributed by atoms with van der Waals surface area (Å²) >= 11 is 11.5. The number of carboxylic acid groups (broad SMARTS) is 1. The van der Waals surface area contributed by atoms with Gasteiger partial charge in [0.1, 0.15) is 16.9 Å². The first kappa shape index (κ1) is 9.23. The first-order valence-electron chi connectivity index (χ1n) is 3.52. The van der Waals surface area contributed by atoms with Crippen LogP contribution in [0.4, 0.5) is 0 Å². The number of aromatic nitrogens is 3. The van der Waals surface area contributed by atoms with E-state index >= 15 is 0 Å². The molecule has 0 fully saturated rings. The lowest BCUT2D eigenvalue weighted by Gasteiger charge is -2.02. The third-order valence-corrected chi connectivity index (χ3v) is 2.34. The second-order valence-electron chi connectivity index (χ2n) is 2.53. The third-order valence-electron chi connectivity index (χ3n) is 1.69. The summed E-state index contributed by atoms with van der Waals surface area (Å²) in [6, 6.07) is 0. The number of carboxylic acids is 1. The number of fused-ring (bicyclic) bond motifs is 1. The van der Waals surface area contributed by atoms with Crippen molar-refractivity contribution in [1.82, 2.24) is 14.6 Å². The number of hydrogen-bond acceptors (Lipinski definition) is 3. The van der Waals surface area contributed by atoms with Gasteiger partial charge in [0.15, 0.2) is 5.65 Å². The standard InChI is InChI=1S/C7H3Cl2N3O2/c8-3-1-12-2-10-11-6(12)5(9)4(3)7(13)14/h1-2H,(H,13,14). The lowest BCUT2D eigenvalue weighted by atomic mass is 10.2. The SMILES string of the molecule is O=C(O)c1c(Cl)cn2cnnc2c1Cl. The van der Waals surface area contributed by atoms with E-state index in [1.165, 1.54) is 16.9 Å². The smallest absolute Gasteiger partial charge is 0.338 e. The Labute approximate surface area is 87.9 Å². The van der Waals surface area contributed by atoms with E-state index in [1.807, 2.05) is 0 Å². The average molecular weight is 232 g/mol. The van der Waals surface area contributed by atoms with Gasteiger partial charge in [-0.2, -0.15) is 0 Å². The van der Waals surface area contributed by atoms with Crippen molar-refractivity contribution in [2.24, 2.45) is 0 Å². The van der Waals surface area contributed by atoms with Gasteiger partial charge in [0.25, 0.3) is 0 Å². The van der Waals surface area contributed by atoms with Crippen LogP contribution in [-0.4, -0.2) is 25.7 Å². The molecule has 5 nitrogen and oxygen atoms in total. The lowest BCUT2D eigenvalue weighted by molar-refractivity contribution is 0.0697. The molecule has 0 bridgehead atoms. The highest BCUT2D eigenvalue weighted by Gasteiger charge is 2.18. The Balaban J connectivity index is 2.89. The zero-order valence-corrected chi connectivity index (χ0v) is 8.12. The van der Waals surface area contributed by atoms with Gasteiger partial charge in [0.05, 0.1) is 5.02 Å². The van der Waals surface area contributed by atoms with E-state index in [0.29, 0.717) is 0 Å². The minimum Gasteiger partial charge on any atom is -0.478 e. The zero-order valence-electron chi connectivity index (χ0n) is 6.61. The summed E-state index contributed by atoms with van der Waals surface area (Å²) < 4.78 is 1.46. The monoisotopic (exact) mass is 231 g/mol. The topological polar surface area (TPSA) is 67.5 Å². The summed E-state index contributed by atoms with van der Waals surface area (Å²) in [6.45, 7) is 0. The van der Waals surface area contributed by atoms with Crippen LogP contribution in [0.25, 0.3) is 5.65 Å². The molecule has 1 N–H and O–H groups in total. The number of carbonyl (C=O) groups is 1. The Morgan fingerprint density at radius 2 is 2.21 bits per heavy atom. The molecule has 0 unspecified atom stereocenters. The van der Waals surface area contributed by atoms with Crippen molar-refractivity contribution in [3.8, 4) is 0 Å². The maximum Gasteiger partial charge on any atom is 0.338 e. The van der Waals surface area contributed by atoms with Crippen molar-refractivity contribution >= 4 is 34.8 Å². The molecule has 2 rings (SSSR count). The fourth-order valence-corrected chi connectivity index (χ4v) is 1.74. The maximum atomic E-state index is 10.8. The molecular formula is C7H3Cl2N3O2. The number of nitrogens with zero attached hydrogens (tertiary/aromatic N) is 3. The van der Waals surface area contributed by atoms with Crippen LogP contribution in [0.5, 0.6) is 0 Å². The molecule has 0 aliphatic rings. The van der Waals surface area contributed by atoms with Crippen molar-refractivity contribution in [2.45, 2.75) is 0 Å². The molecular weight excluding hydrogens is 229 g/mol. The van der Waals surface area contributed by atoms with Gasteiger partial charge >= 0.3 is 5.97 Å². The molecule has 0 saturated heterocycles. The first-order valence-corrected chi connectivity index (χ1v) is 4.27. The number of aromatic carboxylic acids is 1. The molecule has 7 heteroatoms. The summed E-state index contributed by atoms with van der Waals surface area (Å²) in [5.74, 6) is -1.19. The van der Waals surface area contributed by atoms with E-state index in [1.54, 1.807) is 0 Å². The van der Waals surface area contributed by atoms with Crippen LogP contribution in [0, 0.1) is 0 Å². The predicted molar refractivity (Wildman–Crippen MR) is 50.0 cm³/mol. The molecule has 0 aliphatic heterocycles. The molecule has 72 valence electrons. The Bertz CT molecular complexity index is 523. The molecule has 2 heterocycles. The van der Waals surface area contributed by atoms with Crippen LogP contribution in [-0.2, 0) is 0 Å². The van der Waals surface area contributed by atoms with Crippen molar-refractivity contribution < 1.29 is 9.90 Å². The number of halogens is 2. The minimum absolute atomic E-state index is 0.0116. The molecule has 14 heavy (non-hydrogen) atoms. The number of pyridine rings is 1. The fourth-order valence-electron chi connectivity index (χ4n) is 1.09. The lowest BCUT2D eigenvalue weighted by Crippen LogP contribution is -2.01. The summed E-state index contributed by atoms with van der Waals surface area (Å²) in [5, 5.41) is 16.1. The quantitative estimate of drug-likeness (QED) is 0.812. The van der Waals surface area contributed by atoms with Gasteiger partial charge in [-0.15, -0.1) is 10.2 Å². The van der Waals surface area contributed by atoms with Crippen molar-refractivity contribution in [3.05, 3.63) is 28.1 Å². The van der Waals surface area contributed by atoms with E-state index in [4.69, 9.17) is 28.3 Å². The molecule has 0 radical (unpaired) electrons. The second kappa shape index (κ2) is 3.11. The predicted octanol–water partition coefficient (Wildman–Crippen LogP) is 1.73. The molecule has 0 amide bonds. The molecule has 0 atom stereocenters. The average Bonchev–Trinajstić information content (AvgIpc) is 2.50. The molecule has 0 saturated carbocycles. The molecule has 2 aromatic heterocycles. The Hall–Kier alpha value is -1.33. The van der Waals surface area contributed by atoms with Gasteiger partial charge in [-0.25, -0.2) is 4.79 Å². The Morgan fingerprint density at radius 1 is 1.50 bits per heavy atom. The highest BCUT2D eigenvalue weighted by Crippen LogP contribution is 2.27. The third kappa shape index (κ3) is 1.21. The second-order valence-corrected chi connectivity index (χ2v) is 3.32. The van der Waals surface area contributed by atoms with Crippen molar-refractivity contribution in [3.63, 3.8) is 0 Å². The van der Waals surface area contributed by atoms with Gasteiger partial charge in [-0.05, 0) is 0 Å². The van der Waals surface area contributed by atoms with Gasteiger partial charge in [0, 0.05) is 6.20 Å². The summed E-state index contributed by atoms with van der Waals surface area (Å²) in [5.41, 5.74) is 0.113. The van der Waals surface area contributed by atoms with Crippen LogP contribution in [0.3, 0.4) is 0 Å². The molecule has 0 aliphatic carbocycles.